The Morgan fingerprint density at radius 1 is 0.556 bits per heavy atom. The molecule has 8 rings (SSSR count). The van der Waals surface area contributed by atoms with Crippen LogP contribution in [0.15, 0.2) is 160 Å². The lowest BCUT2D eigenvalue weighted by Gasteiger charge is -2.16. The van der Waals surface area contributed by atoms with E-state index < -0.39 is 102 Å². The Hall–Kier alpha value is -8.19. The van der Waals surface area contributed by atoms with Crippen LogP contribution < -0.4 is 16.0 Å². The van der Waals surface area contributed by atoms with Gasteiger partial charge in [-0.3, -0.25) is 27.6 Å². The zero-order valence-electron chi connectivity index (χ0n) is 40.0. The number of amides is 1. The molecule has 8 N–H and O–H groups in total. The van der Waals surface area contributed by atoms with E-state index in [0.29, 0.717) is 29.5 Å². The fourth-order valence-electron chi connectivity index (χ4n) is 7.61. The van der Waals surface area contributed by atoms with E-state index in [4.69, 9.17) is 23.2 Å². The number of nitriles is 2. The van der Waals surface area contributed by atoms with Crippen LogP contribution in [0.2, 0.25) is 10.0 Å². The number of rotatable bonds is 16. The van der Waals surface area contributed by atoms with Crippen molar-refractivity contribution in [3.05, 3.63) is 148 Å². The van der Waals surface area contributed by atoms with Crippen LogP contribution in [0.5, 0.6) is 0 Å². The second-order valence-corrected chi connectivity index (χ2v) is 25.3. The van der Waals surface area contributed by atoms with Gasteiger partial charge in [-0.1, -0.05) is 64.9 Å². The van der Waals surface area contributed by atoms with Gasteiger partial charge in [0, 0.05) is 44.5 Å². The number of nitrogens with one attached hydrogen (secondary N) is 3. The summed E-state index contributed by atoms with van der Waals surface area (Å²) in [7, 11) is -26.0. The molecule has 2 heterocycles. The molecule has 0 aliphatic heterocycles. The largest absolute Gasteiger partial charge is 0.339 e. The molecule has 0 spiro atoms. The lowest BCUT2D eigenvalue weighted by atomic mass is 10.0. The van der Waals surface area contributed by atoms with E-state index in [-0.39, 0.29) is 82.8 Å². The molecule has 0 radical (unpaired) electrons. The third-order valence-corrected chi connectivity index (χ3v) is 17.4. The molecule has 8 aromatic rings. The highest BCUT2D eigenvalue weighted by atomic mass is 35.5. The van der Waals surface area contributed by atoms with Gasteiger partial charge in [-0.15, -0.1) is 20.5 Å². The molecular formula is C47H30Cl2N10O16S6. The Bertz CT molecular complexity index is 4750. The summed E-state index contributed by atoms with van der Waals surface area (Å²) in [6.07, 6.45) is 0. The fourth-order valence-corrected chi connectivity index (χ4v) is 12.6. The number of halogens is 2. The van der Waals surface area contributed by atoms with E-state index in [0.717, 1.165) is 30.3 Å². The van der Waals surface area contributed by atoms with Gasteiger partial charge in [-0.25, -0.2) is 4.98 Å². The number of carbonyl (C=O) groups excluding carboxylic acids is 1. The fraction of sp³-hybridized carbons (Fsp3) is 0.0213. The summed E-state index contributed by atoms with van der Waals surface area (Å²) >= 11 is 12.7. The quantitative estimate of drug-likeness (QED) is 0.0329. The van der Waals surface area contributed by atoms with Gasteiger partial charge < -0.3 is 16.0 Å². The molecular weight excluding hydrogens is 1220 g/mol. The zero-order chi connectivity index (χ0) is 59.1. The maximum atomic E-state index is 13.3. The molecule has 0 aliphatic rings. The predicted molar refractivity (Wildman–Crippen MR) is 293 cm³/mol. The van der Waals surface area contributed by atoms with Crippen LogP contribution >= 0.6 is 34.5 Å². The summed E-state index contributed by atoms with van der Waals surface area (Å²) in [4.78, 5) is 12.7. The van der Waals surface area contributed by atoms with E-state index in [9.17, 15) is 80.2 Å². The second kappa shape index (κ2) is 22.4. The summed E-state index contributed by atoms with van der Waals surface area (Å²) in [6.45, 7) is 1.36. The van der Waals surface area contributed by atoms with E-state index in [1.807, 2.05) is 12.1 Å². The maximum absolute atomic E-state index is 13.3. The van der Waals surface area contributed by atoms with Crippen LogP contribution in [0.25, 0.3) is 21.9 Å². The number of benzene rings is 6. The van der Waals surface area contributed by atoms with Gasteiger partial charge in [-0.2, -0.15) is 52.6 Å². The smallest absolute Gasteiger partial charge is 0.296 e. The van der Waals surface area contributed by atoms with Gasteiger partial charge in [-0.05, 0) is 97.4 Å². The molecule has 0 aliphatic carbocycles. The number of hydrogen-bond donors (Lipinski definition) is 8. The molecule has 26 nitrogen and oxygen atoms in total. The Kier molecular flexibility index (Phi) is 16.3. The van der Waals surface area contributed by atoms with Crippen molar-refractivity contribution < 1.29 is 69.6 Å². The van der Waals surface area contributed by atoms with Gasteiger partial charge in [0.2, 0.25) is 0 Å². The molecule has 414 valence electrons. The maximum Gasteiger partial charge on any atom is 0.296 e. The third-order valence-electron chi connectivity index (χ3n) is 11.2. The van der Waals surface area contributed by atoms with Crippen molar-refractivity contribution in [2.45, 2.75) is 31.4 Å². The van der Waals surface area contributed by atoms with Gasteiger partial charge >= 0.3 is 0 Å². The second-order valence-electron chi connectivity index (χ2n) is 16.5. The lowest BCUT2D eigenvalue weighted by Crippen LogP contribution is -2.11. The minimum absolute atomic E-state index is 0.0369. The first-order chi connectivity index (χ1) is 37.8. The first-order valence-corrected chi connectivity index (χ1v) is 30.6. The highest BCUT2D eigenvalue weighted by Crippen LogP contribution is 2.49. The van der Waals surface area contributed by atoms with E-state index in [2.05, 4.69) is 41.4 Å². The lowest BCUT2D eigenvalue weighted by molar-refractivity contribution is 0.102. The highest BCUT2D eigenvalue weighted by molar-refractivity contribution is 7.87. The van der Waals surface area contributed by atoms with Crippen molar-refractivity contribution in [1.29, 1.82) is 10.5 Å². The summed E-state index contributed by atoms with van der Waals surface area (Å²) in [5.41, 5.74) is -1.15. The molecule has 0 fully saturated rings. The van der Waals surface area contributed by atoms with Crippen molar-refractivity contribution in [2.24, 2.45) is 20.5 Å². The number of aromatic nitrogens is 1. The number of nitrogens with zero attached hydrogens (tertiary/aromatic N) is 7. The molecule has 1 amide bonds. The van der Waals surface area contributed by atoms with E-state index >= 15 is 0 Å². The van der Waals surface area contributed by atoms with E-state index in [1.54, 1.807) is 30.3 Å². The number of thiophene rings is 1. The summed E-state index contributed by atoms with van der Waals surface area (Å²) in [5.74, 6) is -1.17. The van der Waals surface area contributed by atoms with E-state index in [1.165, 1.54) is 43.3 Å². The Balaban J connectivity index is 1.34. The molecule has 0 bridgehead atoms. The summed E-state index contributed by atoms with van der Waals surface area (Å²) in [5, 5.41) is 43.9. The molecule has 0 saturated heterocycles. The van der Waals surface area contributed by atoms with Crippen LogP contribution in [0.1, 0.15) is 27.0 Å². The van der Waals surface area contributed by atoms with Crippen LogP contribution in [0.3, 0.4) is 0 Å². The number of hydrogen-bond acceptors (Lipinski definition) is 21. The molecule has 6 aromatic carbocycles. The minimum Gasteiger partial charge on any atom is -0.339 e. The average molecular weight is 1250 g/mol. The number of azo groups is 2. The number of pyridine rings is 1. The molecule has 81 heavy (non-hydrogen) atoms. The molecule has 0 unspecified atom stereocenters. The molecule has 2 aromatic heterocycles. The van der Waals surface area contributed by atoms with Crippen LogP contribution in [0.4, 0.5) is 50.1 Å². The number of fused-ring (bicyclic) bond motifs is 1. The average Bonchev–Trinajstić information content (AvgIpc) is 3.93. The van der Waals surface area contributed by atoms with Crippen molar-refractivity contribution in [3.8, 4) is 23.3 Å². The Morgan fingerprint density at radius 3 is 1.65 bits per heavy atom. The van der Waals surface area contributed by atoms with Gasteiger partial charge in [0.1, 0.15) is 48.0 Å². The first-order valence-electron chi connectivity index (χ1n) is 21.8. The Labute approximate surface area is 472 Å². The van der Waals surface area contributed by atoms with Crippen LogP contribution in [-0.4, -0.2) is 75.7 Å². The standard InChI is InChI=1S/C47H30Cl2N10O16S6/c1-23-33(21-50)43(52-27-10-12-35(48)39(16-27)80(70,71)72)55-44(53-28-11-13-36(49)40(17-28)81(73,74)75)42(23)57-58-46-34(22-51)41(25-8-5-9-26(14-25)54-45(60)24-6-3-2-4-7-24)47(76-46)59-56-29-15-31-32(37(18-29)78(64,65)66)19-30(77(61,62)63)20-38(31)79(67,68)69/h2-20H,1H3,(H,54,60)(H2,52,53,55)(H,61,62,63)(H,64,65,66)(H,67,68,69)(H,70,71,72)(H,73,74,75)/b58-57?,59-56+. The first kappa shape index (κ1) is 58.9. The molecule has 34 heteroatoms. The molecule has 0 atom stereocenters. The highest BCUT2D eigenvalue weighted by Gasteiger charge is 2.28. The SMILES string of the molecule is Cc1c(C#N)c(Nc2ccc(Cl)c(S(=O)(=O)O)c2)nc(Nc2ccc(Cl)c(S(=O)(=O)O)c2)c1N=Nc1sc(/N=N/c2cc(S(=O)(=O)O)c3cc(S(=O)(=O)O)cc(S(=O)(=O)O)c3c2)c(-c2cccc(NC(=O)c3ccccc3)c2)c1C#N. The Morgan fingerprint density at radius 2 is 1.10 bits per heavy atom. The monoisotopic (exact) mass is 1250 g/mol. The molecule has 0 saturated carbocycles. The van der Waals surface area contributed by atoms with Gasteiger partial charge in [0.15, 0.2) is 16.6 Å². The van der Waals surface area contributed by atoms with Crippen molar-refractivity contribution in [3.63, 3.8) is 0 Å². The van der Waals surface area contributed by atoms with Crippen LogP contribution in [-0.2, 0) is 50.6 Å². The van der Waals surface area contributed by atoms with Crippen LogP contribution in [0, 0.1) is 29.6 Å². The minimum atomic E-state index is -5.44. The topological polar surface area (TPSA) is 435 Å². The van der Waals surface area contributed by atoms with Crippen molar-refractivity contribution in [1.82, 2.24) is 4.98 Å². The van der Waals surface area contributed by atoms with Gasteiger partial charge in [0.05, 0.1) is 26.2 Å². The van der Waals surface area contributed by atoms with Crippen molar-refractivity contribution in [2.75, 3.05) is 16.0 Å². The summed E-state index contributed by atoms with van der Waals surface area (Å²) < 4.78 is 174. The third kappa shape index (κ3) is 13.0. The van der Waals surface area contributed by atoms with Gasteiger partial charge in [0.25, 0.3) is 56.5 Å². The number of carbonyl (C=O) groups is 1. The number of anilines is 5. The predicted octanol–water partition coefficient (Wildman–Crippen LogP) is 11.1. The van der Waals surface area contributed by atoms with Crippen molar-refractivity contribution >= 4 is 152 Å². The zero-order valence-corrected chi connectivity index (χ0v) is 46.4. The normalized spacial score (nSPS) is 12.4. The summed E-state index contributed by atoms with van der Waals surface area (Å²) in [6, 6.07) is 26.8.